The number of fused-ring (bicyclic) bond motifs is 2. The largest absolute Gasteiger partial charge is 0.360 e. The molecule has 1 saturated heterocycles. The lowest BCUT2D eigenvalue weighted by atomic mass is 10.1. The molecule has 2 fully saturated rings. The van der Waals surface area contributed by atoms with Gasteiger partial charge in [0.25, 0.3) is 0 Å². The van der Waals surface area contributed by atoms with Crippen LogP contribution in [0.5, 0.6) is 0 Å². The first kappa shape index (κ1) is 9.25. The molecule has 0 aromatic heterocycles. The van der Waals surface area contributed by atoms with Gasteiger partial charge in [0.05, 0.1) is 0 Å². The Morgan fingerprint density at radius 2 is 2.23 bits per heavy atom. The molecule has 2 bridgehead atoms. The molecule has 2 aliphatic rings. The molecule has 1 saturated carbocycles. The quantitative estimate of drug-likeness (QED) is 0.646. The monoisotopic (exact) mass is 198 g/mol. The molecule has 0 aromatic rings. The van der Waals surface area contributed by atoms with E-state index in [9.17, 15) is 0 Å². The average Bonchev–Trinajstić information content (AvgIpc) is 2.62. The molecule has 0 radical (unpaired) electrons. The summed E-state index contributed by atoms with van der Waals surface area (Å²) in [5.41, 5.74) is 0. The minimum absolute atomic E-state index is 0.464. The summed E-state index contributed by atoms with van der Waals surface area (Å²) in [6.07, 6.45) is 4.15. The van der Waals surface area contributed by atoms with E-state index >= 15 is 0 Å². The van der Waals surface area contributed by atoms with Crippen LogP contribution in [0.4, 0.5) is 0 Å². The normalized spacial score (nSPS) is 31.5. The van der Waals surface area contributed by atoms with E-state index in [2.05, 4.69) is 24.1 Å². The van der Waals surface area contributed by atoms with Crippen LogP contribution in [-0.4, -0.2) is 28.6 Å². The van der Waals surface area contributed by atoms with Crippen molar-refractivity contribution in [3.05, 3.63) is 0 Å². The van der Waals surface area contributed by atoms with E-state index in [4.69, 9.17) is 12.2 Å². The fourth-order valence-electron chi connectivity index (χ4n) is 2.50. The highest BCUT2D eigenvalue weighted by Gasteiger charge is 2.38. The van der Waals surface area contributed by atoms with E-state index in [1.807, 2.05) is 0 Å². The lowest BCUT2D eigenvalue weighted by Gasteiger charge is -2.30. The molecule has 13 heavy (non-hydrogen) atoms. The fraction of sp³-hybridized carbons (Fsp3) is 0.900. The van der Waals surface area contributed by atoms with Gasteiger partial charge in [0, 0.05) is 18.6 Å². The molecule has 0 aromatic carbocycles. The number of rotatable bonds is 1. The minimum Gasteiger partial charge on any atom is -0.360 e. The van der Waals surface area contributed by atoms with Crippen molar-refractivity contribution in [1.82, 2.24) is 10.2 Å². The molecular weight excluding hydrogens is 180 g/mol. The first-order valence-electron chi connectivity index (χ1n) is 5.24. The smallest absolute Gasteiger partial charge is 0.169 e. The maximum absolute atomic E-state index is 5.37. The Kier molecular flexibility index (Phi) is 2.45. The van der Waals surface area contributed by atoms with Crippen molar-refractivity contribution in [2.45, 2.75) is 45.2 Å². The predicted octanol–water partition coefficient (Wildman–Crippen LogP) is 1.75. The second-order valence-corrected chi connectivity index (χ2v) is 4.98. The highest BCUT2D eigenvalue weighted by Crippen LogP contribution is 2.37. The van der Waals surface area contributed by atoms with Gasteiger partial charge in [-0.2, -0.15) is 0 Å². The fourth-order valence-corrected chi connectivity index (χ4v) is 2.96. The minimum atomic E-state index is 0.464. The van der Waals surface area contributed by atoms with Crippen molar-refractivity contribution in [2.24, 2.45) is 5.92 Å². The third-order valence-electron chi connectivity index (χ3n) is 3.08. The number of thiocarbonyl (C=S) groups is 1. The molecule has 2 unspecified atom stereocenters. The number of nitrogens with one attached hydrogen (secondary N) is 1. The van der Waals surface area contributed by atoms with Crippen LogP contribution in [0, 0.1) is 5.92 Å². The van der Waals surface area contributed by atoms with Crippen molar-refractivity contribution < 1.29 is 0 Å². The van der Waals surface area contributed by atoms with Gasteiger partial charge in [-0.15, -0.1) is 0 Å². The number of hydrogen-bond acceptors (Lipinski definition) is 1. The van der Waals surface area contributed by atoms with Crippen LogP contribution in [0.2, 0.25) is 0 Å². The van der Waals surface area contributed by atoms with Crippen LogP contribution >= 0.6 is 12.2 Å². The van der Waals surface area contributed by atoms with Crippen LogP contribution in [0.25, 0.3) is 0 Å². The van der Waals surface area contributed by atoms with Gasteiger partial charge in [-0.1, -0.05) is 0 Å². The Morgan fingerprint density at radius 3 is 2.69 bits per heavy atom. The molecule has 1 heterocycles. The van der Waals surface area contributed by atoms with E-state index in [-0.39, 0.29) is 0 Å². The Morgan fingerprint density at radius 1 is 1.46 bits per heavy atom. The van der Waals surface area contributed by atoms with Gasteiger partial charge in [-0.3, -0.25) is 0 Å². The van der Waals surface area contributed by atoms with E-state index in [1.54, 1.807) is 0 Å². The number of piperidine rings is 1. The summed E-state index contributed by atoms with van der Waals surface area (Å²) in [5, 5.41) is 4.30. The molecule has 2 atom stereocenters. The topological polar surface area (TPSA) is 15.3 Å². The van der Waals surface area contributed by atoms with Crippen molar-refractivity contribution in [1.29, 1.82) is 0 Å². The molecule has 1 aliphatic carbocycles. The zero-order chi connectivity index (χ0) is 9.42. The van der Waals surface area contributed by atoms with E-state index in [1.165, 1.54) is 25.8 Å². The Labute approximate surface area is 85.7 Å². The van der Waals surface area contributed by atoms with E-state index in [0.29, 0.717) is 6.04 Å². The predicted molar refractivity (Wildman–Crippen MR) is 58.7 cm³/mol. The summed E-state index contributed by atoms with van der Waals surface area (Å²) in [6, 6.07) is 1.22. The number of hydrogen-bond donors (Lipinski definition) is 1. The molecule has 74 valence electrons. The maximum Gasteiger partial charge on any atom is 0.169 e. The molecule has 1 N–H and O–H groups in total. The highest BCUT2D eigenvalue weighted by molar-refractivity contribution is 7.80. The standard InChI is InChI=1S/C10H18N2S/c1-7(2)11-10(13)12-6-8-3-4-9(12)5-8/h7-9H,3-6H2,1-2H3,(H,11,13). The summed E-state index contributed by atoms with van der Waals surface area (Å²) in [6.45, 7) is 5.48. The summed E-state index contributed by atoms with van der Waals surface area (Å²) in [7, 11) is 0. The summed E-state index contributed by atoms with van der Waals surface area (Å²) in [4.78, 5) is 2.39. The molecular formula is C10H18N2S. The highest BCUT2D eigenvalue weighted by atomic mass is 32.1. The van der Waals surface area contributed by atoms with Crippen molar-refractivity contribution in [3.8, 4) is 0 Å². The van der Waals surface area contributed by atoms with Crippen LogP contribution in [0.1, 0.15) is 33.1 Å². The molecule has 1 aliphatic heterocycles. The van der Waals surface area contributed by atoms with Gasteiger partial charge in [0.1, 0.15) is 0 Å². The van der Waals surface area contributed by atoms with Crippen LogP contribution in [-0.2, 0) is 0 Å². The number of nitrogens with zero attached hydrogens (tertiary/aromatic N) is 1. The van der Waals surface area contributed by atoms with E-state index < -0.39 is 0 Å². The molecule has 2 rings (SSSR count). The number of likely N-dealkylation sites (tertiary alicyclic amines) is 1. The van der Waals surface area contributed by atoms with Crippen LogP contribution in [0.15, 0.2) is 0 Å². The molecule has 0 amide bonds. The van der Waals surface area contributed by atoms with Gasteiger partial charge in [-0.05, 0) is 51.2 Å². The van der Waals surface area contributed by atoms with Gasteiger partial charge in [0.2, 0.25) is 0 Å². The van der Waals surface area contributed by atoms with Crippen LogP contribution < -0.4 is 5.32 Å². The zero-order valence-electron chi connectivity index (χ0n) is 8.42. The second kappa shape index (κ2) is 3.45. The second-order valence-electron chi connectivity index (χ2n) is 4.59. The molecule has 2 nitrogen and oxygen atoms in total. The van der Waals surface area contributed by atoms with Gasteiger partial charge >= 0.3 is 0 Å². The van der Waals surface area contributed by atoms with Crippen LogP contribution in [0.3, 0.4) is 0 Å². The third-order valence-corrected chi connectivity index (χ3v) is 3.43. The van der Waals surface area contributed by atoms with Gasteiger partial charge < -0.3 is 10.2 Å². The third kappa shape index (κ3) is 1.80. The summed E-state index contributed by atoms with van der Waals surface area (Å²) < 4.78 is 0. The van der Waals surface area contributed by atoms with E-state index in [0.717, 1.165) is 17.1 Å². The Bertz CT molecular complexity index is 215. The van der Waals surface area contributed by atoms with Crippen molar-refractivity contribution in [2.75, 3.05) is 6.54 Å². The first-order valence-corrected chi connectivity index (χ1v) is 5.65. The molecule has 3 heteroatoms. The lowest BCUT2D eigenvalue weighted by molar-refractivity contribution is 0.321. The van der Waals surface area contributed by atoms with Crippen molar-refractivity contribution >= 4 is 17.3 Å². The zero-order valence-corrected chi connectivity index (χ0v) is 9.23. The van der Waals surface area contributed by atoms with Crippen molar-refractivity contribution in [3.63, 3.8) is 0 Å². The first-order chi connectivity index (χ1) is 6.16. The van der Waals surface area contributed by atoms with Gasteiger partial charge in [0.15, 0.2) is 5.11 Å². The SMILES string of the molecule is CC(C)NC(=S)N1CC2CCC1C2. The summed E-state index contributed by atoms with van der Waals surface area (Å²) >= 11 is 5.37. The Hall–Kier alpha value is -0.310. The lowest BCUT2D eigenvalue weighted by Crippen LogP contribution is -2.46. The molecule has 0 spiro atoms. The Balaban J connectivity index is 1.91. The summed E-state index contributed by atoms with van der Waals surface area (Å²) in [5.74, 6) is 0.928. The average molecular weight is 198 g/mol. The maximum atomic E-state index is 5.37. The van der Waals surface area contributed by atoms with Gasteiger partial charge in [-0.25, -0.2) is 0 Å².